The number of amides is 1. The lowest BCUT2D eigenvalue weighted by molar-refractivity contribution is -0.135. The molecular formula is C32H34FN9O7S3. The highest BCUT2D eigenvalue weighted by molar-refractivity contribution is 8.12. The minimum Gasteiger partial charge on any atom is -0.477 e. The first-order valence-corrected chi connectivity index (χ1v) is 19.3. The average molecular weight is 772 g/mol. The van der Waals surface area contributed by atoms with Crippen LogP contribution < -0.4 is 21.4 Å². The van der Waals surface area contributed by atoms with Crippen LogP contribution in [0.25, 0.3) is 10.9 Å². The molecule has 1 amide bonds. The Morgan fingerprint density at radius 3 is 2.65 bits per heavy atom. The summed E-state index contributed by atoms with van der Waals surface area (Å²) in [4.78, 5) is 61.9. The number of fused-ring (bicyclic) bond motifs is 2. The number of nitrogen functional groups attached to an aromatic ring is 1. The number of piperazine rings is 1. The highest BCUT2D eigenvalue weighted by Crippen LogP contribution is 2.40. The summed E-state index contributed by atoms with van der Waals surface area (Å²) in [5, 5.41) is 34.5. The lowest BCUT2D eigenvalue weighted by Gasteiger charge is -2.51. The van der Waals surface area contributed by atoms with Gasteiger partial charge in [-0.15, -0.1) is 34.9 Å². The molecular weight excluding hydrogens is 738 g/mol. The maximum Gasteiger partial charge on any atom is 0.352 e. The van der Waals surface area contributed by atoms with Gasteiger partial charge in [0, 0.05) is 54.1 Å². The van der Waals surface area contributed by atoms with Gasteiger partial charge in [0.05, 0.1) is 46.9 Å². The van der Waals surface area contributed by atoms with Gasteiger partial charge >= 0.3 is 11.9 Å². The maximum atomic E-state index is 15.3. The molecule has 1 aromatic carbocycles. The molecule has 52 heavy (non-hydrogen) atoms. The fourth-order valence-corrected chi connectivity index (χ4v) is 9.12. The number of hydrazone groups is 1. The normalized spacial score (nSPS) is 20.4. The molecule has 16 nitrogen and oxygen atoms in total. The second kappa shape index (κ2) is 15.0. The first kappa shape index (κ1) is 35.6. The number of carbonyl (C=O) groups is 3. The van der Waals surface area contributed by atoms with Gasteiger partial charge in [-0.1, -0.05) is 5.16 Å². The van der Waals surface area contributed by atoms with Gasteiger partial charge in [0.25, 0.3) is 5.91 Å². The second-order valence-corrected chi connectivity index (χ2v) is 15.3. The number of carbonyl (C=O) groups excluding carboxylic acids is 1. The van der Waals surface area contributed by atoms with Crippen molar-refractivity contribution in [2.75, 3.05) is 54.9 Å². The van der Waals surface area contributed by atoms with Gasteiger partial charge in [0.2, 0.25) is 5.43 Å². The van der Waals surface area contributed by atoms with E-state index >= 15 is 4.39 Å². The Morgan fingerprint density at radius 2 is 1.96 bits per heavy atom. The third kappa shape index (κ3) is 7.54. The molecule has 7 rings (SSSR count). The zero-order chi connectivity index (χ0) is 36.5. The number of aromatic carboxylic acids is 1. The van der Waals surface area contributed by atoms with Gasteiger partial charge in [0.1, 0.15) is 23.3 Å². The van der Waals surface area contributed by atoms with E-state index in [9.17, 15) is 29.4 Å². The third-order valence-electron chi connectivity index (χ3n) is 9.06. The molecule has 3 aliphatic heterocycles. The number of thiazole rings is 1. The highest BCUT2D eigenvalue weighted by Gasteiger charge is 2.46. The molecule has 1 saturated carbocycles. The maximum absolute atomic E-state index is 15.3. The molecule has 0 bridgehead atoms. The fourth-order valence-electron chi connectivity index (χ4n) is 6.36. The average Bonchev–Trinajstić information content (AvgIpc) is 3.87. The largest absolute Gasteiger partial charge is 0.477 e. The standard InChI is InChI=1S/C32H34FN9O7S3/c33-22-7-20-24(41(19-1-2-19)10-21(28(20)44)30(45)46)8-25(22)39-3-5-40(6-4-39)35-16-50-13-17-14-51-29-23(11-42(29)27(17)31(47)48)38-26(43)9-36-49-12-18-15-52-32(34)37-18/h7-10,15-16,19,23,29H,1-6,11-14H2,(H2,34,37)(H,38,43)(H,45,46)(H,47,48)/t23-,29-/m1/s1. The number of nitrogens with two attached hydrogens (primary N) is 1. The lowest BCUT2D eigenvalue weighted by atomic mass is 10.0. The number of rotatable bonds is 13. The van der Waals surface area contributed by atoms with E-state index < -0.39 is 29.1 Å². The van der Waals surface area contributed by atoms with Crippen molar-refractivity contribution in [2.24, 2.45) is 10.3 Å². The molecule has 0 unspecified atom stereocenters. The van der Waals surface area contributed by atoms with Crippen LogP contribution in [0, 0.1) is 5.82 Å². The van der Waals surface area contributed by atoms with Crippen molar-refractivity contribution in [1.29, 1.82) is 0 Å². The molecule has 3 fully saturated rings. The van der Waals surface area contributed by atoms with Crippen molar-refractivity contribution in [1.82, 2.24) is 24.8 Å². The number of carboxylic acids is 2. The number of oxime groups is 1. The first-order chi connectivity index (χ1) is 25.1. The molecule has 2 atom stereocenters. The third-order valence-corrected chi connectivity index (χ3v) is 12.0. The summed E-state index contributed by atoms with van der Waals surface area (Å²) in [5.41, 5.74) is 8.71. The van der Waals surface area contributed by atoms with E-state index in [2.05, 4.69) is 20.6 Å². The smallest absolute Gasteiger partial charge is 0.352 e. The second-order valence-electron chi connectivity index (χ2n) is 12.5. The molecule has 0 radical (unpaired) electrons. The number of nitrogens with one attached hydrogen (secondary N) is 1. The van der Waals surface area contributed by atoms with E-state index in [1.807, 2.05) is 9.91 Å². The van der Waals surface area contributed by atoms with Crippen molar-refractivity contribution in [3.8, 4) is 0 Å². The predicted molar refractivity (Wildman–Crippen MR) is 197 cm³/mol. The van der Waals surface area contributed by atoms with Gasteiger partial charge in [-0.05, 0) is 30.5 Å². The number of benzene rings is 1. The molecule has 5 N–H and O–H groups in total. The topological polar surface area (TPSA) is 208 Å². The van der Waals surface area contributed by atoms with Crippen LogP contribution in [-0.4, -0.2) is 115 Å². The lowest BCUT2D eigenvalue weighted by Crippen LogP contribution is -2.66. The van der Waals surface area contributed by atoms with Crippen molar-refractivity contribution in [2.45, 2.75) is 36.9 Å². The van der Waals surface area contributed by atoms with Crippen LogP contribution in [0.3, 0.4) is 0 Å². The van der Waals surface area contributed by atoms with Gasteiger partial charge in [-0.2, -0.15) is 5.10 Å². The number of aliphatic carboxylic acids is 1. The van der Waals surface area contributed by atoms with Crippen molar-refractivity contribution >= 4 is 86.2 Å². The van der Waals surface area contributed by atoms with E-state index in [4.69, 9.17) is 10.6 Å². The number of thioether (sulfide) groups is 2. The van der Waals surface area contributed by atoms with Crippen LogP contribution in [0.5, 0.6) is 0 Å². The van der Waals surface area contributed by atoms with Crippen LogP contribution in [0.15, 0.2) is 50.0 Å². The van der Waals surface area contributed by atoms with E-state index in [-0.39, 0.29) is 40.7 Å². The quantitative estimate of drug-likeness (QED) is 0.112. The summed E-state index contributed by atoms with van der Waals surface area (Å²) in [6, 6.07) is 2.63. The van der Waals surface area contributed by atoms with E-state index in [0.29, 0.717) is 66.3 Å². The Hall–Kier alpha value is -4.82. The Balaban J connectivity index is 0.900. The zero-order valence-corrected chi connectivity index (χ0v) is 30.0. The van der Waals surface area contributed by atoms with Gasteiger partial charge in [0.15, 0.2) is 11.7 Å². The summed E-state index contributed by atoms with van der Waals surface area (Å²) in [6.07, 6.45) is 4.14. The van der Waals surface area contributed by atoms with Crippen LogP contribution in [-0.2, 0) is 21.0 Å². The summed E-state index contributed by atoms with van der Waals surface area (Å²) >= 11 is 4.23. The van der Waals surface area contributed by atoms with Gasteiger partial charge in [-0.25, -0.2) is 19.0 Å². The Morgan fingerprint density at radius 1 is 1.17 bits per heavy atom. The Kier molecular flexibility index (Phi) is 10.3. The van der Waals surface area contributed by atoms with Crippen LogP contribution >= 0.6 is 34.9 Å². The Bertz CT molecular complexity index is 2060. The van der Waals surface area contributed by atoms with Gasteiger partial charge < -0.3 is 40.5 Å². The first-order valence-electron chi connectivity index (χ1n) is 16.3. The summed E-state index contributed by atoms with van der Waals surface area (Å²) in [6.45, 7) is 2.42. The summed E-state index contributed by atoms with van der Waals surface area (Å²) in [5.74, 6) is -2.45. The number of hydrogen-bond acceptors (Lipinski definition) is 15. The molecule has 4 aliphatic rings. The molecule has 274 valence electrons. The van der Waals surface area contributed by atoms with Crippen LogP contribution in [0.1, 0.15) is 34.9 Å². The van der Waals surface area contributed by atoms with Gasteiger partial charge in [-0.3, -0.25) is 14.6 Å². The summed E-state index contributed by atoms with van der Waals surface area (Å²) in [7, 11) is 0. The van der Waals surface area contributed by atoms with Crippen LogP contribution in [0.4, 0.5) is 15.2 Å². The monoisotopic (exact) mass is 771 g/mol. The molecule has 0 spiro atoms. The molecule has 20 heteroatoms. The molecule has 2 aromatic heterocycles. The molecule has 1 aliphatic carbocycles. The number of hydrogen-bond donors (Lipinski definition) is 4. The van der Waals surface area contributed by atoms with E-state index in [1.54, 1.807) is 38.2 Å². The number of nitrogens with zero attached hydrogens (tertiary/aromatic N) is 7. The minimum absolute atomic E-state index is 0.0596. The Labute approximate surface area is 308 Å². The SMILES string of the molecule is Nc1nc(CON=CC(=O)N[C@@H]2CN3C(C(=O)O)=C(CSC=NN4CCN(c5cc6c(cc5F)c(=O)c(C(=O)O)cn6C5CC5)CC4)CS[C@H]23)cs1. The zero-order valence-electron chi connectivity index (χ0n) is 27.5. The minimum atomic E-state index is -1.33. The van der Waals surface area contributed by atoms with Crippen molar-refractivity contribution < 1.29 is 33.8 Å². The van der Waals surface area contributed by atoms with Crippen molar-refractivity contribution in [3.05, 3.63) is 62.3 Å². The summed E-state index contributed by atoms with van der Waals surface area (Å²) < 4.78 is 17.1. The number of anilines is 2. The van der Waals surface area contributed by atoms with Crippen LogP contribution in [0.2, 0.25) is 0 Å². The highest BCUT2D eigenvalue weighted by atomic mass is 32.2. The molecule has 2 saturated heterocycles. The van der Waals surface area contributed by atoms with E-state index in [1.165, 1.54) is 29.3 Å². The molecule has 5 heterocycles. The number of carboxylic acid groups (broad SMARTS) is 2. The molecule has 3 aromatic rings. The van der Waals surface area contributed by atoms with E-state index in [0.717, 1.165) is 30.7 Å². The number of pyridine rings is 1. The van der Waals surface area contributed by atoms with Crippen molar-refractivity contribution in [3.63, 3.8) is 0 Å². The number of aromatic nitrogens is 2. The number of halogens is 1. The fraction of sp³-hybridized carbons (Fsp3) is 0.406. The predicted octanol–water partition coefficient (Wildman–Crippen LogP) is 2.43.